The van der Waals surface area contributed by atoms with E-state index < -0.39 is 16.8 Å². The summed E-state index contributed by atoms with van der Waals surface area (Å²) in [5, 5.41) is 23.1. The molecule has 0 spiro atoms. The van der Waals surface area contributed by atoms with Crippen LogP contribution in [0, 0.1) is 16.0 Å². The van der Waals surface area contributed by atoms with Gasteiger partial charge in [-0.05, 0) is 12.1 Å². The van der Waals surface area contributed by atoms with Crippen LogP contribution in [0.15, 0.2) is 18.2 Å². The van der Waals surface area contributed by atoms with E-state index in [1.807, 2.05) is 0 Å². The molecule has 124 valence electrons. The van der Waals surface area contributed by atoms with Gasteiger partial charge in [0.1, 0.15) is 5.69 Å². The third-order valence-corrected chi connectivity index (χ3v) is 3.59. The first kappa shape index (κ1) is 16.7. The van der Waals surface area contributed by atoms with Crippen molar-refractivity contribution in [3.8, 4) is 0 Å². The fourth-order valence-electron chi connectivity index (χ4n) is 2.40. The Morgan fingerprint density at radius 3 is 2.87 bits per heavy atom. The van der Waals surface area contributed by atoms with Gasteiger partial charge in [-0.25, -0.2) is 0 Å². The molecule has 0 aromatic heterocycles. The van der Waals surface area contributed by atoms with Crippen LogP contribution >= 0.6 is 0 Å². The predicted octanol–water partition coefficient (Wildman–Crippen LogP) is 1.09. The first-order valence-electron chi connectivity index (χ1n) is 6.98. The van der Waals surface area contributed by atoms with Crippen molar-refractivity contribution in [2.75, 3.05) is 37.0 Å². The first-order chi connectivity index (χ1) is 10.9. The monoisotopic (exact) mass is 323 g/mol. The lowest BCUT2D eigenvalue weighted by Crippen LogP contribution is -2.25. The molecule has 0 unspecified atom stereocenters. The van der Waals surface area contributed by atoms with Crippen LogP contribution < -0.4 is 10.2 Å². The quantitative estimate of drug-likeness (QED) is 0.437. The molecule has 9 heteroatoms. The summed E-state index contributed by atoms with van der Waals surface area (Å²) in [7, 11) is 1.52. The van der Waals surface area contributed by atoms with E-state index >= 15 is 0 Å². The second-order valence-corrected chi connectivity index (χ2v) is 5.12. The summed E-state index contributed by atoms with van der Waals surface area (Å²) >= 11 is 0. The van der Waals surface area contributed by atoms with E-state index in [0.29, 0.717) is 24.5 Å². The smallest absolute Gasteiger partial charge is 0.308 e. The minimum atomic E-state index is -1.05. The van der Waals surface area contributed by atoms with Gasteiger partial charge in [-0.1, -0.05) is 0 Å². The Bertz CT molecular complexity index is 633. The van der Waals surface area contributed by atoms with Gasteiger partial charge in [0.05, 0.1) is 23.1 Å². The highest BCUT2D eigenvalue weighted by atomic mass is 16.6. The number of nitro groups is 1. The Labute approximate surface area is 132 Å². The fourth-order valence-corrected chi connectivity index (χ4v) is 2.40. The van der Waals surface area contributed by atoms with Crippen molar-refractivity contribution < 1.29 is 24.4 Å². The molecular formula is C14H17N3O6. The lowest BCUT2D eigenvalue weighted by molar-refractivity contribution is -0.383. The summed E-state index contributed by atoms with van der Waals surface area (Å²) < 4.78 is 4.88. The summed E-state index contributed by atoms with van der Waals surface area (Å²) in [6.45, 7) is 0.812. The number of ether oxygens (including phenoxy) is 1. The number of rotatable bonds is 7. The van der Waals surface area contributed by atoms with Crippen LogP contribution in [0.3, 0.4) is 0 Å². The van der Waals surface area contributed by atoms with Crippen molar-refractivity contribution in [3.63, 3.8) is 0 Å². The predicted molar refractivity (Wildman–Crippen MR) is 81.6 cm³/mol. The van der Waals surface area contributed by atoms with Gasteiger partial charge in [-0.3, -0.25) is 19.7 Å². The Morgan fingerprint density at radius 2 is 2.30 bits per heavy atom. The molecule has 0 bridgehead atoms. The van der Waals surface area contributed by atoms with Gasteiger partial charge in [0.25, 0.3) is 5.69 Å². The summed E-state index contributed by atoms with van der Waals surface area (Å²) in [5.74, 6) is -2.19. The van der Waals surface area contributed by atoms with Gasteiger partial charge in [0, 0.05) is 32.7 Å². The van der Waals surface area contributed by atoms with Crippen molar-refractivity contribution in [1.82, 2.24) is 0 Å². The molecule has 1 atom stereocenters. The summed E-state index contributed by atoms with van der Waals surface area (Å²) in [4.78, 5) is 34.9. The Kier molecular flexibility index (Phi) is 5.12. The summed E-state index contributed by atoms with van der Waals surface area (Å²) in [5.41, 5.74) is 0.463. The number of amides is 1. The minimum absolute atomic E-state index is 0.0156. The van der Waals surface area contributed by atoms with Gasteiger partial charge in [-0.15, -0.1) is 0 Å². The molecule has 2 N–H and O–H groups in total. The molecule has 1 aromatic carbocycles. The highest BCUT2D eigenvalue weighted by molar-refractivity contribution is 5.99. The maximum absolute atomic E-state index is 11.9. The molecule has 23 heavy (non-hydrogen) atoms. The number of carbonyl (C=O) groups is 2. The van der Waals surface area contributed by atoms with Crippen molar-refractivity contribution in [2.24, 2.45) is 5.92 Å². The third kappa shape index (κ3) is 3.75. The lowest BCUT2D eigenvalue weighted by Gasteiger charge is -2.17. The molecule has 0 saturated carbocycles. The van der Waals surface area contributed by atoms with Gasteiger partial charge >= 0.3 is 5.97 Å². The number of nitrogens with one attached hydrogen (secondary N) is 1. The zero-order valence-electron chi connectivity index (χ0n) is 12.5. The highest BCUT2D eigenvalue weighted by Crippen LogP contribution is 2.32. The number of carboxylic acids is 1. The highest BCUT2D eigenvalue weighted by Gasteiger charge is 2.35. The van der Waals surface area contributed by atoms with Crippen LogP contribution in [0.5, 0.6) is 0 Å². The normalized spacial score (nSPS) is 17.3. The summed E-state index contributed by atoms with van der Waals surface area (Å²) in [6, 6.07) is 4.34. The van der Waals surface area contributed by atoms with E-state index in [1.165, 1.54) is 24.1 Å². The number of benzene rings is 1. The molecule has 1 aliphatic rings. The Hall–Kier alpha value is -2.68. The summed E-state index contributed by atoms with van der Waals surface area (Å²) in [6.07, 6.45) is -0.100. The topological polar surface area (TPSA) is 122 Å². The average molecular weight is 323 g/mol. The SMILES string of the molecule is COCCNc1ccc(N2C[C@H](C(=O)O)CC2=O)cc1[N+](=O)[O-]. The van der Waals surface area contributed by atoms with E-state index in [4.69, 9.17) is 9.84 Å². The number of carbonyl (C=O) groups excluding carboxylic acids is 1. The second-order valence-electron chi connectivity index (χ2n) is 5.12. The van der Waals surface area contributed by atoms with E-state index in [1.54, 1.807) is 6.07 Å². The van der Waals surface area contributed by atoms with Crippen LogP contribution in [0.2, 0.25) is 0 Å². The van der Waals surface area contributed by atoms with E-state index in [9.17, 15) is 19.7 Å². The molecule has 0 radical (unpaired) electrons. The zero-order valence-corrected chi connectivity index (χ0v) is 12.5. The number of aliphatic carboxylic acids is 1. The van der Waals surface area contributed by atoms with Gasteiger partial charge in [-0.2, -0.15) is 0 Å². The number of hydrogen-bond donors (Lipinski definition) is 2. The third-order valence-electron chi connectivity index (χ3n) is 3.59. The van der Waals surface area contributed by atoms with Gasteiger partial charge in [0.15, 0.2) is 0 Å². The van der Waals surface area contributed by atoms with E-state index in [0.717, 1.165) is 0 Å². The van der Waals surface area contributed by atoms with Crippen LogP contribution in [0.4, 0.5) is 17.1 Å². The molecule has 2 rings (SSSR count). The van der Waals surface area contributed by atoms with Crippen LogP contribution in [0.25, 0.3) is 0 Å². The minimum Gasteiger partial charge on any atom is -0.481 e. The standard InChI is InChI=1S/C14H17N3O6/c1-23-5-4-15-11-3-2-10(7-12(11)17(21)22)16-8-9(14(19)20)6-13(16)18/h2-3,7,9,15H,4-6,8H2,1H3,(H,19,20)/t9-/m1/s1. The molecule has 1 aromatic rings. The number of methoxy groups -OCH3 is 1. The molecule has 1 heterocycles. The fraction of sp³-hybridized carbons (Fsp3) is 0.429. The van der Waals surface area contributed by atoms with Crippen molar-refractivity contribution in [3.05, 3.63) is 28.3 Å². The van der Waals surface area contributed by atoms with Gasteiger partial charge < -0.3 is 20.1 Å². The molecule has 1 saturated heterocycles. The molecule has 1 fully saturated rings. The first-order valence-corrected chi connectivity index (χ1v) is 6.98. The molecular weight excluding hydrogens is 306 g/mol. The molecule has 0 aliphatic carbocycles. The second kappa shape index (κ2) is 7.05. The number of anilines is 2. The zero-order chi connectivity index (χ0) is 17.0. The van der Waals surface area contributed by atoms with Crippen LogP contribution in [0.1, 0.15) is 6.42 Å². The number of carboxylic acid groups (broad SMARTS) is 1. The van der Waals surface area contributed by atoms with Gasteiger partial charge in [0.2, 0.25) is 5.91 Å². The van der Waals surface area contributed by atoms with Crippen LogP contribution in [-0.2, 0) is 14.3 Å². The van der Waals surface area contributed by atoms with Crippen molar-refractivity contribution >= 4 is 28.9 Å². The maximum Gasteiger partial charge on any atom is 0.308 e. The number of hydrogen-bond acceptors (Lipinski definition) is 6. The van der Waals surface area contributed by atoms with Crippen molar-refractivity contribution in [2.45, 2.75) is 6.42 Å². The number of nitrogens with zero attached hydrogens (tertiary/aromatic N) is 2. The Balaban J connectivity index is 2.24. The average Bonchev–Trinajstić information content (AvgIpc) is 2.90. The maximum atomic E-state index is 11.9. The van der Waals surface area contributed by atoms with E-state index in [-0.39, 0.29) is 24.6 Å². The van der Waals surface area contributed by atoms with Crippen LogP contribution in [-0.4, -0.2) is 48.7 Å². The molecule has 1 aliphatic heterocycles. The molecule has 9 nitrogen and oxygen atoms in total. The number of nitro benzene ring substituents is 1. The largest absolute Gasteiger partial charge is 0.481 e. The Morgan fingerprint density at radius 1 is 1.57 bits per heavy atom. The lowest BCUT2D eigenvalue weighted by atomic mass is 10.1. The van der Waals surface area contributed by atoms with Crippen molar-refractivity contribution in [1.29, 1.82) is 0 Å². The van der Waals surface area contributed by atoms with E-state index in [2.05, 4.69) is 5.32 Å². The molecule has 1 amide bonds.